The molecule has 304 valence electrons. The van der Waals surface area contributed by atoms with Gasteiger partial charge in [-0.05, 0) is 78.4 Å². The molecular weight excluding hydrogens is 817 g/mol. The minimum absolute atomic E-state index is 0.428. The lowest BCUT2D eigenvalue weighted by Crippen LogP contribution is -2.30. The number of carbonyl (C=O) groups excluding carboxylic acids is 2. The second-order valence-electron chi connectivity index (χ2n) is 12.6. The summed E-state index contributed by atoms with van der Waals surface area (Å²) in [7, 11) is 6.02. The van der Waals surface area contributed by atoms with Crippen LogP contribution in [0.5, 0.6) is 11.5 Å². The van der Waals surface area contributed by atoms with Crippen LogP contribution in [0.25, 0.3) is 22.3 Å². The molecule has 0 N–H and O–H groups in total. The molecule has 0 radical (unpaired) electrons. The van der Waals surface area contributed by atoms with Gasteiger partial charge in [-0.3, -0.25) is 30.0 Å². The van der Waals surface area contributed by atoms with Crippen LogP contribution in [0, 0.1) is 20.2 Å². The lowest BCUT2D eigenvalue weighted by molar-refractivity contribution is -0.385. The highest BCUT2D eigenvalue weighted by molar-refractivity contribution is 6.34. The van der Waals surface area contributed by atoms with Crippen molar-refractivity contribution >= 4 is 46.5 Å². The van der Waals surface area contributed by atoms with Gasteiger partial charge < -0.3 is 14.2 Å². The molecule has 0 saturated heterocycles. The lowest BCUT2D eigenvalue weighted by atomic mass is 9.94. The number of rotatable bonds is 12. The number of alkyl halides is 6. The Balaban J connectivity index is 2.17. The van der Waals surface area contributed by atoms with Gasteiger partial charge in [0.25, 0.3) is 11.4 Å². The Morgan fingerprint density at radius 3 is 1.23 bits per heavy atom. The molecule has 0 aromatic heterocycles. The van der Waals surface area contributed by atoms with E-state index in [1.54, 1.807) is 0 Å². The molecule has 4 rings (SSSR count). The molecule has 0 saturated carbocycles. The van der Waals surface area contributed by atoms with Crippen molar-refractivity contribution in [1.82, 2.24) is 9.80 Å². The highest BCUT2D eigenvalue weighted by Crippen LogP contribution is 2.49. The Hall–Kier alpha value is -5.50. The second kappa shape index (κ2) is 16.9. The highest BCUT2D eigenvalue weighted by atomic mass is 35.5. The van der Waals surface area contributed by atoms with E-state index in [0.29, 0.717) is 24.3 Å². The van der Waals surface area contributed by atoms with E-state index in [4.69, 9.17) is 37.4 Å². The molecule has 0 bridgehead atoms. The van der Waals surface area contributed by atoms with Crippen molar-refractivity contribution in [1.29, 1.82) is 0 Å². The number of ether oxygens (including phenoxy) is 3. The molecule has 4 aromatic rings. The van der Waals surface area contributed by atoms with E-state index in [-0.39, 0.29) is 0 Å². The van der Waals surface area contributed by atoms with Gasteiger partial charge in [0.2, 0.25) is 0 Å². The third-order valence-corrected chi connectivity index (χ3v) is 9.08. The van der Waals surface area contributed by atoms with Crippen LogP contribution in [0.3, 0.4) is 0 Å². The van der Waals surface area contributed by atoms with E-state index in [2.05, 4.69) is 0 Å². The molecule has 13 nitrogen and oxygen atoms in total. The Bertz CT molecular complexity index is 2100. The van der Waals surface area contributed by atoms with Gasteiger partial charge in [-0.1, -0.05) is 35.3 Å². The summed E-state index contributed by atoms with van der Waals surface area (Å²) in [6.07, 6.45) is -11.9. The number of hydrogen-bond donors (Lipinski definition) is 0. The Morgan fingerprint density at radius 1 is 0.632 bits per heavy atom. The van der Waals surface area contributed by atoms with Gasteiger partial charge in [-0.15, -0.1) is 0 Å². The number of nitro benzene ring substituents is 2. The first-order chi connectivity index (χ1) is 26.3. The van der Waals surface area contributed by atoms with E-state index >= 15 is 0 Å². The fourth-order valence-corrected chi connectivity index (χ4v) is 5.66. The first kappa shape index (κ1) is 44.2. The topological polar surface area (TPSA) is 155 Å². The molecule has 21 heteroatoms. The molecule has 0 spiro atoms. The zero-order chi connectivity index (χ0) is 42.9. The van der Waals surface area contributed by atoms with Gasteiger partial charge in [-0.25, -0.2) is 9.59 Å². The fourth-order valence-electron chi connectivity index (χ4n) is 5.11. The van der Waals surface area contributed by atoms with Crippen molar-refractivity contribution < 1.29 is 60.0 Å². The summed E-state index contributed by atoms with van der Waals surface area (Å²) < 4.78 is 99.2. The maximum atomic E-state index is 13.8. The van der Waals surface area contributed by atoms with E-state index in [0.717, 1.165) is 36.4 Å². The molecule has 0 heterocycles. The number of carbonyl (C=O) groups is 2. The standard InChI is InChI=1S/C36H30Cl2F6N4O9/c1-17(45(3)4)55-33(49)31-25(47(51)52)11-13-27(29(31)21-9-7-19(15-23(21)37)35(39,40)41)57-28-14-12-26(48(53)54)32(34(50)56-18(2)46(5)6)30(28)22-10-8-20(16-24(22)38)36(42,43)44/h7-18H,1-6H3. The van der Waals surface area contributed by atoms with E-state index in [1.165, 1.54) is 51.8 Å². The van der Waals surface area contributed by atoms with Gasteiger partial charge in [0.15, 0.2) is 12.5 Å². The summed E-state index contributed by atoms with van der Waals surface area (Å²) >= 11 is 12.7. The number of halogens is 8. The Morgan fingerprint density at radius 2 is 0.965 bits per heavy atom. The predicted molar refractivity (Wildman–Crippen MR) is 194 cm³/mol. The van der Waals surface area contributed by atoms with Crippen LogP contribution in [0.2, 0.25) is 10.0 Å². The van der Waals surface area contributed by atoms with Crippen LogP contribution in [-0.4, -0.2) is 72.2 Å². The Labute approximate surface area is 329 Å². The van der Waals surface area contributed by atoms with Gasteiger partial charge in [0.1, 0.15) is 22.6 Å². The first-order valence-corrected chi connectivity index (χ1v) is 16.9. The fraction of sp³-hybridized carbons (Fsp3) is 0.278. The molecule has 0 aliphatic carbocycles. The molecule has 4 aromatic carbocycles. The van der Waals surface area contributed by atoms with Crippen LogP contribution < -0.4 is 4.74 Å². The number of nitro groups is 2. The number of benzene rings is 4. The SMILES string of the molecule is CC(OC(=O)c1c([N+](=O)[O-])ccc(Oc2ccc([N+](=O)[O-])c(C(=O)OC(C)N(C)C)c2-c2ccc(C(F)(F)F)cc2Cl)c1-c1ccc(C(F)(F)F)cc1Cl)N(C)C. The zero-order valence-electron chi connectivity index (χ0n) is 30.4. The van der Waals surface area contributed by atoms with Crippen LogP contribution in [0.15, 0.2) is 60.7 Å². The summed E-state index contributed by atoms with van der Waals surface area (Å²) in [6, 6.07) is 7.12. The normalized spacial score (nSPS) is 13.0. The quantitative estimate of drug-likeness (QED) is 0.0440. The van der Waals surface area contributed by atoms with Gasteiger partial charge >= 0.3 is 24.3 Å². The van der Waals surface area contributed by atoms with Crippen molar-refractivity contribution in [2.75, 3.05) is 28.2 Å². The largest absolute Gasteiger partial charge is 0.456 e. The maximum absolute atomic E-state index is 13.8. The third kappa shape index (κ3) is 9.73. The molecule has 57 heavy (non-hydrogen) atoms. The van der Waals surface area contributed by atoms with Crippen molar-refractivity contribution in [2.45, 2.75) is 38.7 Å². The van der Waals surface area contributed by atoms with E-state index in [1.807, 2.05) is 0 Å². The van der Waals surface area contributed by atoms with Crippen LogP contribution >= 0.6 is 23.2 Å². The first-order valence-electron chi connectivity index (χ1n) is 16.1. The average molecular weight is 848 g/mol. The maximum Gasteiger partial charge on any atom is 0.416 e. The van der Waals surface area contributed by atoms with E-state index < -0.39 is 124 Å². The second-order valence-corrected chi connectivity index (χ2v) is 13.4. The van der Waals surface area contributed by atoms with Crippen LogP contribution in [0.1, 0.15) is 45.7 Å². The van der Waals surface area contributed by atoms with Crippen molar-refractivity contribution in [2.24, 2.45) is 0 Å². The summed E-state index contributed by atoms with van der Waals surface area (Å²) in [4.78, 5) is 53.2. The third-order valence-electron chi connectivity index (χ3n) is 8.45. The van der Waals surface area contributed by atoms with Crippen LogP contribution in [0.4, 0.5) is 37.7 Å². The lowest BCUT2D eigenvalue weighted by Gasteiger charge is -2.23. The van der Waals surface area contributed by atoms with Crippen molar-refractivity contribution in [3.05, 3.63) is 113 Å². The molecule has 0 fully saturated rings. The highest BCUT2D eigenvalue weighted by Gasteiger charge is 2.37. The van der Waals surface area contributed by atoms with Crippen molar-refractivity contribution in [3.63, 3.8) is 0 Å². The van der Waals surface area contributed by atoms with Crippen molar-refractivity contribution in [3.8, 4) is 33.8 Å². The molecular formula is C36H30Cl2F6N4O9. The van der Waals surface area contributed by atoms with E-state index in [9.17, 15) is 56.2 Å². The molecule has 0 amide bonds. The molecule has 2 atom stereocenters. The van der Waals surface area contributed by atoms with Gasteiger partial charge in [0.05, 0.1) is 21.0 Å². The Kier molecular flexibility index (Phi) is 13.1. The molecule has 0 aliphatic heterocycles. The summed E-state index contributed by atoms with van der Waals surface area (Å²) in [5.74, 6) is -3.89. The predicted octanol–water partition coefficient (Wildman–Crippen LogP) is 10.1. The number of hydrogen-bond acceptors (Lipinski definition) is 11. The summed E-state index contributed by atoms with van der Waals surface area (Å²) in [5.41, 5.74) is -8.09. The van der Waals surface area contributed by atoms with Gasteiger partial charge in [0, 0.05) is 44.4 Å². The van der Waals surface area contributed by atoms with Crippen LogP contribution in [-0.2, 0) is 21.8 Å². The minimum Gasteiger partial charge on any atom is -0.456 e. The monoisotopic (exact) mass is 846 g/mol. The zero-order valence-corrected chi connectivity index (χ0v) is 31.9. The number of nitrogens with zero attached hydrogens (tertiary/aromatic N) is 4. The van der Waals surface area contributed by atoms with Gasteiger partial charge in [-0.2, -0.15) is 26.3 Å². The summed E-state index contributed by atoms with van der Waals surface area (Å²) in [5, 5.41) is 23.3. The average Bonchev–Trinajstić information content (AvgIpc) is 3.10. The minimum atomic E-state index is -4.91. The summed E-state index contributed by atoms with van der Waals surface area (Å²) in [6.45, 7) is 2.81. The molecule has 2 unspecified atom stereocenters. The smallest absolute Gasteiger partial charge is 0.416 e. The number of esters is 2. The molecule has 0 aliphatic rings.